The number of fused-ring (bicyclic) bond motifs is 1. The summed E-state index contributed by atoms with van der Waals surface area (Å²) in [5, 5.41) is 0. The molecule has 0 aliphatic heterocycles. The van der Waals surface area contributed by atoms with Crippen molar-refractivity contribution < 1.29 is 4.74 Å². The van der Waals surface area contributed by atoms with Crippen LogP contribution in [0.25, 0.3) is 0 Å². The van der Waals surface area contributed by atoms with Crippen LogP contribution < -0.4 is 4.74 Å². The van der Waals surface area contributed by atoms with Crippen LogP contribution in [0.2, 0.25) is 0 Å². The van der Waals surface area contributed by atoms with Crippen LogP contribution in [-0.2, 0) is 6.42 Å². The van der Waals surface area contributed by atoms with Crippen molar-refractivity contribution >= 4 is 0 Å². The van der Waals surface area contributed by atoms with Gasteiger partial charge in [0, 0.05) is 17.5 Å². The van der Waals surface area contributed by atoms with E-state index in [0.29, 0.717) is 12.0 Å². The van der Waals surface area contributed by atoms with Gasteiger partial charge in [-0.25, -0.2) is 0 Å². The Morgan fingerprint density at radius 2 is 1.82 bits per heavy atom. The smallest absolute Gasteiger partial charge is 0.122 e. The monoisotopic (exact) mass is 303 g/mol. The first-order valence-electron chi connectivity index (χ1n) is 9.16. The third-order valence-electron chi connectivity index (χ3n) is 5.01. The standard InChI is InChI=1S/C20H33NO/c1-5-9-17-18(21(14-6-2)15-7-3)13-12-16-10-8-11-19(22-4)20(16)17/h8,10-11,17-18H,5-7,9,12-15H2,1-4H3/t17-,18-/m1/s1. The predicted octanol–water partition coefficient (Wildman–Crippen LogP) is 5.02. The first-order valence-corrected chi connectivity index (χ1v) is 9.16. The summed E-state index contributed by atoms with van der Waals surface area (Å²) in [6.45, 7) is 9.36. The molecule has 22 heavy (non-hydrogen) atoms. The minimum atomic E-state index is 0.628. The van der Waals surface area contributed by atoms with Crippen LogP contribution in [0.15, 0.2) is 18.2 Å². The lowest BCUT2D eigenvalue weighted by Crippen LogP contribution is -2.43. The zero-order valence-corrected chi connectivity index (χ0v) is 14.9. The second kappa shape index (κ2) is 8.57. The molecule has 2 rings (SSSR count). The van der Waals surface area contributed by atoms with E-state index in [1.54, 1.807) is 0 Å². The van der Waals surface area contributed by atoms with Crippen LogP contribution in [-0.4, -0.2) is 31.1 Å². The first kappa shape index (κ1) is 17.3. The maximum Gasteiger partial charge on any atom is 0.122 e. The molecule has 0 aromatic heterocycles. The fourth-order valence-corrected chi connectivity index (χ4v) is 4.21. The highest BCUT2D eigenvalue weighted by Crippen LogP contribution is 2.42. The van der Waals surface area contributed by atoms with Crippen LogP contribution in [0.5, 0.6) is 5.75 Å². The fraction of sp³-hybridized carbons (Fsp3) is 0.700. The average Bonchev–Trinajstić information content (AvgIpc) is 2.54. The molecule has 0 saturated carbocycles. The second-order valence-electron chi connectivity index (χ2n) is 6.57. The van der Waals surface area contributed by atoms with Gasteiger partial charge in [-0.2, -0.15) is 0 Å². The summed E-state index contributed by atoms with van der Waals surface area (Å²) in [4.78, 5) is 2.75. The molecular formula is C20H33NO. The number of rotatable bonds is 8. The van der Waals surface area contributed by atoms with Gasteiger partial charge in [-0.1, -0.05) is 39.3 Å². The van der Waals surface area contributed by atoms with Gasteiger partial charge in [-0.05, 0) is 56.8 Å². The molecule has 0 fully saturated rings. The summed E-state index contributed by atoms with van der Waals surface area (Å²) in [5.41, 5.74) is 3.02. The maximum absolute atomic E-state index is 5.72. The number of methoxy groups -OCH3 is 1. The van der Waals surface area contributed by atoms with Gasteiger partial charge in [0.15, 0.2) is 0 Å². The topological polar surface area (TPSA) is 12.5 Å². The highest BCUT2D eigenvalue weighted by Gasteiger charge is 2.34. The Kier molecular flexibility index (Phi) is 6.75. The quantitative estimate of drug-likeness (QED) is 0.669. The Labute approximate surface area is 136 Å². The van der Waals surface area contributed by atoms with Gasteiger partial charge in [-0.3, -0.25) is 4.90 Å². The van der Waals surface area contributed by atoms with E-state index >= 15 is 0 Å². The number of aryl methyl sites for hydroxylation is 1. The summed E-state index contributed by atoms with van der Waals surface area (Å²) in [7, 11) is 1.82. The Hall–Kier alpha value is -1.02. The number of hydrogen-bond acceptors (Lipinski definition) is 2. The molecule has 1 aliphatic rings. The molecule has 124 valence electrons. The third kappa shape index (κ3) is 3.65. The number of hydrogen-bond donors (Lipinski definition) is 0. The lowest BCUT2D eigenvalue weighted by Gasteiger charge is -2.41. The molecule has 2 heteroatoms. The van der Waals surface area contributed by atoms with E-state index in [-0.39, 0.29) is 0 Å². The van der Waals surface area contributed by atoms with E-state index in [1.807, 2.05) is 7.11 Å². The Balaban J connectivity index is 2.36. The van der Waals surface area contributed by atoms with Crippen molar-refractivity contribution in [3.8, 4) is 5.75 Å². The molecule has 0 unspecified atom stereocenters. The Morgan fingerprint density at radius 3 is 2.41 bits per heavy atom. The van der Waals surface area contributed by atoms with Crippen LogP contribution in [0.1, 0.15) is 69.9 Å². The van der Waals surface area contributed by atoms with Gasteiger partial charge in [0.1, 0.15) is 5.75 Å². The van der Waals surface area contributed by atoms with Crippen LogP contribution in [0, 0.1) is 0 Å². The molecule has 2 atom stereocenters. The molecule has 0 spiro atoms. The van der Waals surface area contributed by atoms with Crippen LogP contribution in [0.3, 0.4) is 0 Å². The van der Waals surface area contributed by atoms with Crippen molar-refractivity contribution in [2.75, 3.05) is 20.2 Å². The van der Waals surface area contributed by atoms with Crippen molar-refractivity contribution in [1.29, 1.82) is 0 Å². The summed E-state index contributed by atoms with van der Waals surface area (Å²) in [6.07, 6.45) is 7.49. The normalized spacial score (nSPS) is 21.0. The van der Waals surface area contributed by atoms with E-state index in [1.165, 1.54) is 62.7 Å². The van der Waals surface area contributed by atoms with Gasteiger partial charge < -0.3 is 4.74 Å². The molecule has 0 saturated heterocycles. The minimum Gasteiger partial charge on any atom is -0.496 e. The van der Waals surface area contributed by atoms with Gasteiger partial charge in [0.05, 0.1) is 7.11 Å². The molecule has 0 radical (unpaired) electrons. The van der Waals surface area contributed by atoms with Gasteiger partial charge in [-0.15, -0.1) is 0 Å². The lowest BCUT2D eigenvalue weighted by atomic mass is 9.75. The molecule has 0 amide bonds. The SMILES string of the molecule is CCC[C@H]1c2c(cccc2OC)CC[C@H]1N(CCC)CCC. The van der Waals surface area contributed by atoms with Crippen molar-refractivity contribution in [2.45, 2.75) is 71.3 Å². The molecule has 1 aromatic carbocycles. The number of nitrogens with zero attached hydrogens (tertiary/aromatic N) is 1. The predicted molar refractivity (Wildman–Crippen MR) is 94.9 cm³/mol. The molecule has 0 bridgehead atoms. The highest BCUT2D eigenvalue weighted by molar-refractivity contribution is 5.45. The summed E-state index contributed by atoms with van der Waals surface area (Å²) < 4.78 is 5.72. The van der Waals surface area contributed by atoms with E-state index in [2.05, 4.69) is 43.9 Å². The molecule has 2 nitrogen and oxygen atoms in total. The number of benzene rings is 1. The Morgan fingerprint density at radius 1 is 1.09 bits per heavy atom. The minimum absolute atomic E-state index is 0.628. The van der Waals surface area contributed by atoms with Crippen LogP contribution in [0.4, 0.5) is 0 Å². The first-order chi connectivity index (χ1) is 10.8. The zero-order chi connectivity index (χ0) is 15.9. The molecule has 0 N–H and O–H groups in total. The molecule has 1 aliphatic carbocycles. The largest absolute Gasteiger partial charge is 0.496 e. The summed E-state index contributed by atoms with van der Waals surface area (Å²) in [6, 6.07) is 7.29. The van der Waals surface area contributed by atoms with E-state index in [0.717, 1.165) is 5.75 Å². The van der Waals surface area contributed by atoms with E-state index in [4.69, 9.17) is 4.74 Å². The van der Waals surface area contributed by atoms with E-state index < -0.39 is 0 Å². The Bertz CT molecular complexity index is 437. The average molecular weight is 303 g/mol. The van der Waals surface area contributed by atoms with Gasteiger partial charge in [0.2, 0.25) is 0 Å². The second-order valence-corrected chi connectivity index (χ2v) is 6.57. The highest BCUT2D eigenvalue weighted by atomic mass is 16.5. The van der Waals surface area contributed by atoms with Crippen molar-refractivity contribution in [2.24, 2.45) is 0 Å². The van der Waals surface area contributed by atoms with Crippen LogP contribution >= 0.6 is 0 Å². The van der Waals surface area contributed by atoms with Gasteiger partial charge >= 0.3 is 0 Å². The van der Waals surface area contributed by atoms with E-state index in [9.17, 15) is 0 Å². The number of ether oxygens (including phenoxy) is 1. The maximum atomic E-state index is 5.72. The van der Waals surface area contributed by atoms with Crippen molar-refractivity contribution in [3.63, 3.8) is 0 Å². The van der Waals surface area contributed by atoms with Crippen molar-refractivity contribution in [1.82, 2.24) is 4.90 Å². The van der Waals surface area contributed by atoms with Crippen molar-refractivity contribution in [3.05, 3.63) is 29.3 Å². The molecule has 1 aromatic rings. The summed E-state index contributed by atoms with van der Waals surface area (Å²) >= 11 is 0. The van der Waals surface area contributed by atoms with Gasteiger partial charge in [0.25, 0.3) is 0 Å². The molecule has 0 heterocycles. The zero-order valence-electron chi connectivity index (χ0n) is 14.9. The third-order valence-corrected chi connectivity index (χ3v) is 5.01. The summed E-state index contributed by atoms with van der Waals surface area (Å²) in [5.74, 6) is 1.73. The molecular weight excluding hydrogens is 270 g/mol. The lowest BCUT2D eigenvalue weighted by molar-refractivity contribution is 0.147. The fourth-order valence-electron chi connectivity index (χ4n) is 4.21.